The zero-order valence-electron chi connectivity index (χ0n) is 10.8. The second-order valence-corrected chi connectivity index (χ2v) is 5.87. The molecule has 0 aromatic carbocycles. The minimum Gasteiger partial charge on any atom is -0.316 e. The predicted molar refractivity (Wildman–Crippen MR) is 67.1 cm³/mol. The lowest BCUT2D eigenvalue weighted by molar-refractivity contribution is 0.234. The summed E-state index contributed by atoms with van der Waals surface area (Å²) in [4.78, 5) is 2.54. The molecule has 88 valence electrons. The molecule has 1 unspecified atom stereocenters. The maximum absolute atomic E-state index is 4.09. The summed E-state index contributed by atoms with van der Waals surface area (Å²) >= 11 is 0. The highest BCUT2D eigenvalue weighted by atomic mass is 15.1. The third-order valence-electron chi connectivity index (χ3n) is 3.37. The molecule has 0 aromatic heterocycles. The predicted octanol–water partition coefficient (Wildman–Crippen LogP) is 2.13. The summed E-state index contributed by atoms with van der Waals surface area (Å²) in [6, 6.07) is 0. The Kier molecular flexibility index (Phi) is 4.35. The fourth-order valence-corrected chi connectivity index (χ4v) is 2.31. The Hall–Kier alpha value is -0.340. The number of hydrogen-bond acceptors (Lipinski definition) is 2. The lowest BCUT2D eigenvalue weighted by atomic mass is 9.80. The molecule has 0 aliphatic carbocycles. The van der Waals surface area contributed by atoms with Gasteiger partial charge in [-0.3, -0.25) is 4.90 Å². The zero-order chi connectivity index (χ0) is 11.5. The molecule has 2 nitrogen and oxygen atoms in total. The number of nitrogens with one attached hydrogen (secondary N) is 1. The molecule has 1 saturated heterocycles. The fraction of sp³-hybridized carbons (Fsp3) is 0.846. The average molecular weight is 210 g/mol. The second kappa shape index (κ2) is 5.13. The Morgan fingerprint density at radius 2 is 2.13 bits per heavy atom. The summed E-state index contributed by atoms with van der Waals surface area (Å²) in [6.07, 6.45) is 1.34. The maximum Gasteiger partial charge on any atom is 0.0202 e. The van der Waals surface area contributed by atoms with Gasteiger partial charge in [0.15, 0.2) is 0 Å². The fourth-order valence-electron chi connectivity index (χ4n) is 2.31. The highest BCUT2D eigenvalue weighted by molar-refractivity contribution is 5.01. The Morgan fingerprint density at radius 1 is 1.47 bits per heavy atom. The summed E-state index contributed by atoms with van der Waals surface area (Å²) in [5, 5.41) is 3.16. The van der Waals surface area contributed by atoms with Crippen LogP contribution in [0, 0.1) is 11.3 Å². The molecule has 0 aromatic rings. The van der Waals surface area contributed by atoms with Crippen LogP contribution in [-0.2, 0) is 0 Å². The first-order valence-electron chi connectivity index (χ1n) is 5.97. The first-order chi connectivity index (χ1) is 6.93. The van der Waals surface area contributed by atoms with E-state index in [4.69, 9.17) is 0 Å². The van der Waals surface area contributed by atoms with E-state index in [1.807, 2.05) is 7.05 Å². The van der Waals surface area contributed by atoms with Crippen molar-refractivity contribution in [1.82, 2.24) is 10.2 Å². The molecular weight excluding hydrogens is 184 g/mol. The van der Waals surface area contributed by atoms with Crippen molar-refractivity contribution < 1.29 is 0 Å². The third kappa shape index (κ3) is 3.96. The van der Waals surface area contributed by atoms with E-state index in [1.165, 1.54) is 25.1 Å². The zero-order valence-corrected chi connectivity index (χ0v) is 10.8. The summed E-state index contributed by atoms with van der Waals surface area (Å²) in [5.41, 5.74) is 1.76. The van der Waals surface area contributed by atoms with E-state index >= 15 is 0 Å². The molecule has 15 heavy (non-hydrogen) atoms. The van der Waals surface area contributed by atoms with Crippen LogP contribution in [0.3, 0.4) is 0 Å². The van der Waals surface area contributed by atoms with Gasteiger partial charge in [-0.25, -0.2) is 0 Å². The smallest absolute Gasteiger partial charge is 0.0202 e. The van der Waals surface area contributed by atoms with Gasteiger partial charge in [0.1, 0.15) is 0 Å². The largest absolute Gasteiger partial charge is 0.316 e. The van der Waals surface area contributed by atoms with Crippen LogP contribution in [-0.4, -0.2) is 38.1 Å². The average Bonchev–Trinajstić information content (AvgIpc) is 2.52. The molecule has 1 rings (SSSR count). The molecule has 1 aliphatic rings. The highest BCUT2D eigenvalue weighted by Crippen LogP contribution is 2.33. The van der Waals surface area contributed by atoms with E-state index in [0.717, 1.165) is 19.0 Å². The summed E-state index contributed by atoms with van der Waals surface area (Å²) in [5.74, 6) is 0.847. The Balaban J connectivity index is 2.34. The van der Waals surface area contributed by atoms with Gasteiger partial charge < -0.3 is 5.32 Å². The standard InChI is InChI=1S/C13H26N2/c1-11(8-14-5)9-15-7-6-12(10-15)13(2,3)4/h12,14H,1,6-10H2,2-5H3. The number of likely N-dealkylation sites (N-methyl/N-ethyl adjacent to an activating group) is 1. The van der Waals surface area contributed by atoms with Crippen molar-refractivity contribution in [2.45, 2.75) is 27.2 Å². The van der Waals surface area contributed by atoms with Gasteiger partial charge in [0.2, 0.25) is 0 Å². The van der Waals surface area contributed by atoms with Gasteiger partial charge in [-0.15, -0.1) is 0 Å². The minimum atomic E-state index is 0.457. The van der Waals surface area contributed by atoms with Crippen molar-refractivity contribution >= 4 is 0 Å². The Bertz CT molecular complexity index is 215. The van der Waals surface area contributed by atoms with Gasteiger partial charge in [-0.1, -0.05) is 27.4 Å². The molecule has 0 amide bonds. The van der Waals surface area contributed by atoms with Crippen molar-refractivity contribution in [3.8, 4) is 0 Å². The molecule has 0 radical (unpaired) electrons. The number of nitrogens with zero attached hydrogens (tertiary/aromatic N) is 1. The van der Waals surface area contributed by atoms with E-state index < -0.39 is 0 Å². The van der Waals surface area contributed by atoms with Crippen LogP contribution in [0.2, 0.25) is 0 Å². The second-order valence-electron chi connectivity index (χ2n) is 5.87. The van der Waals surface area contributed by atoms with Gasteiger partial charge in [-0.2, -0.15) is 0 Å². The maximum atomic E-state index is 4.09. The molecule has 2 heteroatoms. The number of likely N-dealkylation sites (tertiary alicyclic amines) is 1. The quantitative estimate of drug-likeness (QED) is 0.715. The van der Waals surface area contributed by atoms with Crippen LogP contribution < -0.4 is 5.32 Å². The van der Waals surface area contributed by atoms with Gasteiger partial charge in [0.25, 0.3) is 0 Å². The third-order valence-corrected chi connectivity index (χ3v) is 3.37. The molecule has 0 saturated carbocycles. The Labute approximate surface area is 94.7 Å². The SMILES string of the molecule is C=C(CNC)CN1CCC(C(C)(C)C)C1. The van der Waals surface area contributed by atoms with E-state index in [9.17, 15) is 0 Å². The van der Waals surface area contributed by atoms with Crippen LogP contribution >= 0.6 is 0 Å². The van der Waals surface area contributed by atoms with Crippen molar-refractivity contribution in [2.24, 2.45) is 11.3 Å². The van der Waals surface area contributed by atoms with E-state index in [2.05, 4.69) is 37.6 Å². The van der Waals surface area contributed by atoms with Crippen LogP contribution in [0.15, 0.2) is 12.2 Å². The summed E-state index contributed by atoms with van der Waals surface area (Å²) in [7, 11) is 1.98. The highest BCUT2D eigenvalue weighted by Gasteiger charge is 2.31. The van der Waals surface area contributed by atoms with E-state index in [-0.39, 0.29) is 0 Å². The molecule has 1 N–H and O–H groups in total. The van der Waals surface area contributed by atoms with Crippen molar-refractivity contribution in [3.05, 3.63) is 12.2 Å². The van der Waals surface area contributed by atoms with Crippen LogP contribution in [0.1, 0.15) is 27.2 Å². The summed E-state index contributed by atoms with van der Waals surface area (Å²) in [6.45, 7) is 15.6. The molecule has 1 fully saturated rings. The van der Waals surface area contributed by atoms with E-state index in [1.54, 1.807) is 0 Å². The normalized spacial score (nSPS) is 23.3. The first kappa shape index (κ1) is 12.7. The lowest BCUT2D eigenvalue weighted by Crippen LogP contribution is -2.29. The van der Waals surface area contributed by atoms with Gasteiger partial charge in [0, 0.05) is 19.6 Å². The molecular formula is C13H26N2. The minimum absolute atomic E-state index is 0.457. The van der Waals surface area contributed by atoms with Crippen molar-refractivity contribution in [3.63, 3.8) is 0 Å². The van der Waals surface area contributed by atoms with Gasteiger partial charge in [0.05, 0.1) is 0 Å². The topological polar surface area (TPSA) is 15.3 Å². The Morgan fingerprint density at radius 3 is 2.60 bits per heavy atom. The monoisotopic (exact) mass is 210 g/mol. The van der Waals surface area contributed by atoms with E-state index in [0.29, 0.717) is 5.41 Å². The molecule has 1 atom stereocenters. The lowest BCUT2D eigenvalue weighted by Gasteiger charge is -2.27. The van der Waals surface area contributed by atoms with Gasteiger partial charge >= 0.3 is 0 Å². The first-order valence-corrected chi connectivity index (χ1v) is 5.97. The molecule has 1 heterocycles. The molecule has 0 bridgehead atoms. The summed E-state index contributed by atoms with van der Waals surface area (Å²) < 4.78 is 0. The molecule has 0 spiro atoms. The van der Waals surface area contributed by atoms with Gasteiger partial charge in [-0.05, 0) is 36.9 Å². The van der Waals surface area contributed by atoms with Crippen LogP contribution in [0.4, 0.5) is 0 Å². The van der Waals surface area contributed by atoms with Crippen LogP contribution in [0.5, 0.6) is 0 Å². The molecule has 1 aliphatic heterocycles. The van der Waals surface area contributed by atoms with Crippen LogP contribution in [0.25, 0.3) is 0 Å². The van der Waals surface area contributed by atoms with Crippen molar-refractivity contribution in [2.75, 3.05) is 33.2 Å². The number of rotatable bonds is 4. The number of hydrogen-bond donors (Lipinski definition) is 1. The van der Waals surface area contributed by atoms with Crippen molar-refractivity contribution in [1.29, 1.82) is 0 Å².